The van der Waals surface area contributed by atoms with Gasteiger partial charge in [0.1, 0.15) is 0 Å². The van der Waals surface area contributed by atoms with E-state index in [2.05, 4.69) is 36.5 Å². The predicted octanol–water partition coefficient (Wildman–Crippen LogP) is 2.01. The first-order valence-electron chi connectivity index (χ1n) is 6.87. The van der Waals surface area contributed by atoms with Crippen LogP contribution in [0.15, 0.2) is 22.7 Å². The fourth-order valence-electron chi connectivity index (χ4n) is 2.40. The van der Waals surface area contributed by atoms with Gasteiger partial charge in [-0.25, -0.2) is 0 Å². The van der Waals surface area contributed by atoms with Crippen molar-refractivity contribution in [1.82, 2.24) is 4.90 Å². The summed E-state index contributed by atoms with van der Waals surface area (Å²) in [5, 5.41) is 9.03. The van der Waals surface area contributed by atoms with Crippen LogP contribution in [0.25, 0.3) is 0 Å². The highest BCUT2D eigenvalue weighted by atomic mass is 79.9. The van der Waals surface area contributed by atoms with E-state index in [1.54, 1.807) is 0 Å². The van der Waals surface area contributed by atoms with Crippen molar-refractivity contribution in [2.24, 2.45) is 0 Å². The number of esters is 1. The summed E-state index contributed by atoms with van der Waals surface area (Å²) in [7, 11) is 1.42. The Morgan fingerprint density at radius 3 is 2.67 bits per heavy atom. The highest BCUT2D eigenvalue weighted by molar-refractivity contribution is 9.10. The summed E-state index contributed by atoms with van der Waals surface area (Å²) in [4.78, 5) is 15.7. The normalized spacial score (nSPS) is 15.6. The summed E-state index contributed by atoms with van der Waals surface area (Å²) in [5.41, 5.74) is 1.72. The van der Waals surface area contributed by atoms with Gasteiger partial charge >= 0.3 is 5.97 Å². The lowest BCUT2D eigenvalue weighted by Crippen LogP contribution is -2.47. The molecule has 1 fully saturated rings. The zero-order valence-corrected chi connectivity index (χ0v) is 13.6. The van der Waals surface area contributed by atoms with E-state index < -0.39 is 0 Å². The van der Waals surface area contributed by atoms with E-state index in [-0.39, 0.29) is 5.97 Å². The number of halogens is 1. The predicted molar refractivity (Wildman–Crippen MR) is 84.1 cm³/mol. The lowest BCUT2D eigenvalue weighted by molar-refractivity contribution is -0.141. The second-order valence-corrected chi connectivity index (χ2v) is 5.88. The molecule has 0 unspecified atom stereocenters. The highest BCUT2D eigenvalue weighted by Crippen LogP contribution is 2.23. The summed E-state index contributed by atoms with van der Waals surface area (Å²) >= 11 is 3.44. The van der Waals surface area contributed by atoms with Crippen LogP contribution in [-0.2, 0) is 9.53 Å². The van der Waals surface area contributed by atoms with Gasteiger partial charge in [0.05, 0.1) is 25.2 Å². The number of carbonyl (C=O) groups is 1. The van der Waals surface area contributed by atoms with Crippen LogP contribution in [0.3, 0.4) is 0 Å². The molecule has 0 saturated carbocycles. The molecule has 1 aromatic carbocycles. The van der Waals surface area contributed by atoms with Crippen molar-refractivity contribution in [3.8, 4) is 6.07 Å². The molecule has 1 saturated heterocycles. The van der Waals surface area contributed by atoms with Gasteiger partial charge in [-0.1, -0.05) is 15.9 Å². The van der Waals surface area contributed by atoms with Gasteiger partial charge in [0.15, 0.2) is 0 Å². The van der Waals surface area contributed by atoms with Gasteiger partial charge < -0.3 is 9.64 Å². The molecule has 0 amide bonds. The lowest BCUT2D eigenvalue weighted by atomic mass is 10.2. The van der Waals surface area contributed by atoms with E-state index in [0.29, 0.717) is 12.0 Å². The number of piperazine rings is 1. The van der Waals surface area contributed by atoms with Gasteiger partial charge in [0, 0.05) is 42.9 Å². The van der Waals surface area contributed by atoms with E-state index in [9.17, 15) is 4.79 Å². The van der Waals surface area contributed by atoms with Gasteiger partial charge in [0.25, 0.3) is 0 Å². The minimum Gasteiger partial charge on any atom is -0.469 e. The molecule has 0 aliphatic carbocycles. The van der Waals surface area contributed by atoms with Crippen LogP contribution in [0.4, 0.5) is 5.69 Å². The number of hydrogen-bond acceptors (Lipinski definition) is 5. The second kappa shape index (κ2) is 7.43. The molecule has 1 aromatic rings. The maximum Gasteiger partial charge on any atom is 0.306 e. The van der Waals surface area contributed by atoms with E-state index in [1.807, 2.05) is 18.2 Å². The number of nitrogens with zero attached hydrogens (tertiary/aromatic N) is 3. The highest BCUT2D eigenvalue weighted by Gasteiger charge is 2.18. The van der Waals surface area contributed by atoms with Crippen LogP contribution >= 0.6 is 15.9 Å². The van der Waals surface area contributed by atoms with Gasteiger partial charge in [-0.15, -0.1) is 0 Å². The maximum absolute atomic E-state index is 11.2. The fourth-order valence-corrected chi connectivity index (χ4v) is 2.88. The van der Waals surface area contributed by atoms with Crippen molar-refractivity contribution in [2.75, 3.05) is 44.7 Å². The number of anilines is 1. The van der Waals surface area contributed by atoms with Crippen molar-refractivity contribution >= 4 is 27.6 Å². The molecule has 1 heterocycles. The molecule has 6 heteroatoms. The number of rotatable bonds is 4. The van der Waals surface area contributed by atoms with Crippen molar-refractivity contribution in [3.63, 3.8) is 0 Å². The minimum atomic E-state index is -0.164. The van der Waals surface area contributed by atoms with E-state index >= 15 is 0 Å². The average Bonchev–Trinajstić information content (AvgIpc) is 2.52. The number of methoxy groups -OCH3 is 1. The molecule has 2 rings (SSSR count). The Morgan fingerprint density at radius 2 is 2.05 bits per heavy atom. The fraction of sp³-hybridized carbons (Fsp3) is 0.467. The largest absolute Gasteiger partial charge is 0.469 e. The van der Waals surface area contributed by atoms with Crippen LogP contribution in [0.1, 0.15) is 12.0 Å². The third kappa shape index (κ3) is 4.45. The molecule has 0 N–H and O–H groups in total. The monoisotopic (exact) mass is 351 g/mol. The SMILES string of the molecule is COC(=O)CCN1CCN(c2cc(Br)cc(C#N)c2)CC1. The molecule has 0 spiro atoms. The van der Waals surface area contributed by atoms with Crippen LogP contribution < -0.4 is 4.90 Å². The third-order valence-electron chi connectivity index (χ3n) is 3.61. The summed E-state index contributed by atoms with van der Waals surface area (Å²) in [5.74, 6) is -0.164. The summed E-state index contributed by atoms with van der Waals surface area (Å²) in [6.45, 7) is 4.34. The van der Waals surface area contributed by atoms with E-state index in [0.717, 1.165) is 42.9 Å². The lowest BCUT2D eigenvalue weighted by Gasteiger charge is -2.36. The van der Waals surface area contributed by atoms with Gasteiger partial charge in [-0.2, -0.15) is 5.26 Å². The molecule has 0 aromatic heterocycles. The first-order chi connectivity index (χ1) is 10.1. The summed E-state index contributed by atoms with van der Waals surface area (Å²) in [6, 6.07) is 7.94. The number of hydrogen-bond donors (Lipinski definition) is 0. The first kappa shape index (κ1) is 15.8. The summed E-state index contributed by atoms with van der Waals surface area (Å²) < 4.78 is 5.58. The standard InChI is InChI=1S/C15H18BrN3O2/c1-21-15(20)2-3-18-4-6-19(7-5-18)14-9-12(11-17)8-13(16)10-14/h8-10H,2-7H2,1H3. The van der Waals surface area contributed by atoms with E-state index in [4.69, 9.17) is 5.26 Å². The molecule has 21 heavy (non-hydrogen) atoms. The molecule has 1 aliphatic rings. The molecule has 5 nitrogen and oxygen atoms in total. The second-order valence-electron chi connectivity index (χ2n) is 4.96. The van der Waals surface area contributed by atoms with Crippen LogP contribution in [0.5, 0.6) is 0 Å². The third-order valence-corrected chi connectivity index (χ3v) is 4.07. The smallest absolute Gasteiger partial charge is 0.306 e. The van der Waals surface area contributed by atoms with Crippen molar-refractivity contribution < 1.29 is 9.53 Å². The van der Waals surface area contributed by atoms with Gasteiger partial charge in [-0.05, 0) is 18.2 Å². The van der Waals surface area contributed by atoms with Gasteiger partial charge in [0.2, 0.25) is 0 Å². The Labute approximate surface area is 133 Å². The first-order valence-corrected chi connectivity index (χ1v) is 7.66. The van der Waals surface area contributed by atoms with Crippen LogP contribution in [0.2, 0.25) is 0 Å². The Balaban J connectivity index is 1.91. The molecular weight excluding hydrogens is 334 g/mol. The molecular formula is C15H18BrN3O2. The van der Waals surface area contributed by atoms with Crippen molar-refractivity contribution in [2.45, 2.75) is 6.42 Å². The maximum atomic E-state index is 11.2. The zero-order chi connectivity index (χ0) is 15.2. The van der Waals surface area contributed by atoms with E-state index in [1.165, 1.54) is 7.11 Å². The Morgan fingerprint density at radius 1 is 1.33 bits per heavy atom. The number of nitriles is 1. The average molecular weight is 352 g/mol. The van der Waals surface area contributed by atoms with Crippen molar-refractivity contribution in [3.05, 3.63) is 28.2 Å². The number of benzene rings is 1. The van der Waals surface area contributed by atoms with Gasteiger partial charge in [-0.3, -0.25) is 9.69 Å². The van der Waals surface area contributed by atoms with Crippen LogP contribution in [0, 0.1) is 11.3 Å². The number of ether oxygens (including phenoxy) is 1. The Bertz CT molecular complexity index is 548. The molecule has 0 radical (unpaired) electrons. The number of carbonyl (C=O) groups excluding carboxylic acids is 1. The zero-order valence-electron chi connectivity index (χ0n) is 12.0. The Hall–Kier alpha value is -1.58. The van der Waals surface area contributed by atoms with Crippen molar-refractivity contribution in [1.29, 1.82) is 5.26 Å². The summed E-state index contributed by atoms with van der Waals surface area (Å²) in [6.07, 6.45) is 0.436. The quantitative estimate of drug-likeness (QED) is 0.776. The Kier molecular flexibility index (Phi) is 5.59. The molecule has 0 bridgehead atoms. The topological polar surface area (TPSA) is 56.6 Å². The molecule has 112 valence electrons. The minimum absolute atomic E-state index is 0.164. The van der Waals surface area contributed by atoms with Crippen LogP contribution in [-0.4, -0.2) is 50.7 Å². The molecule has 1 aliphatic heterocycles. The molecule has 0 atom stereocenters.